The molecule has 0 fully saturated rings. The van der Waals surface area contributed by atoms with Gasteiger partial charge in [-0.05, 0) is 34.6 Å². The highest BCUT2D eigenvalue weighted by Crippen LogP contribution is 2.32. The Morgan fingerprint density at radius 2 is 1.80 bits per heavy atom. The van der Waals surface area contributed by atoms with Crippen LogP contribution >= 0.6 is 0 Å². The van der Waals surface area contributed by atoms with Crippen LogP contribution in [0.2, 0.25) is 0 Å². The number of sulfonamides is 1. The largest absolute Gasteiger partial charge is 0.332 e. The summed E-state index contributed by atoms with van der Waals surface area (Å²) in [5, 5.41) is 0. The Hall–Kier alpha value is -2.60. The SMILES string of the molecule is CCc1cc(Cn2cnc(-c3ccccc3C(C)(C)C)c2)ccc1N(C)S(C)(=O)=O. The lowest BCUT2D eigenvalue weighted by Gasteiger charge is -2.22. The van der Waals surface area contributed by atoms with Gasteiger partial charge in [-0.25, -0.2) is 13.4 Å². The van der Waals surface area contributed by atoms with Crippen LogP contribution in [0.1, 0.15) is 44.4 Å². The van der Waals surface area contributed by atoms with Crippen molar-refractivity contribution in [3.63, 3.8) is 0 Å². The number of anilines is 1. The van der Waals surface area contributed by atoms with E-state index in [0.29, 0.717) is 6.54 Å². The van der Waals surface area contributed by atoms with Gasteiger partial charge in [-0.1, -0.05) is 64.1 Å². The van der Waals surface area contributed by atoms with Crippen molar-refractivity contribution in [2.24, 2.45) is 0 Å². The van der Waals surface area contributed by atoms with E-state index in [0.717, 1.165) is 34.5 Å². The van der Waals surface area contributed by atoms with Crippen molar-refractivity contribution < 1.29 is 8.42 Å². The molecule has 0 aliphatic carbocycles. The van der Waals surface area contributed by atoms with Gasteiger partial charge in [-0.15, -0.1) is 0 Å². The van der Waals surface area contributed by atoms with Crippen molar-refractivity contribution in [2.45, 2.75) is 46.1 Å². The number of imidazole rings is 1. The van der Waals surface area contributed by atoms with E-state index >= 15 is 0 Å². The maximum atomic E-state index is 11.9. The molecule has 0 atom stereocenters. The summed E-state index contributed by atoms with van der Waals surface area (Å²) in [7, 11) is -1.69. The summed E-state index contributed by atoms with van der Waals surface area (Å²) in [5.41, 5.74) is 6.29. The van der Waals surface area contributed by atoms with Crippen LogP contribution in [0.4, 0.5) is 5.69 Å². The monoisotopic (exact) mass is 425 g/mol. The molecule has 0 amide bonds. The van der Waals surface area contributed by atoms with Crippen LogP contribution in [0.25, 0.3) is 11.3 Å². The molecule has 0 bridgehead atoms. The molecule has 0 saturated carbocycles. The van der Waals surface area contributed by atoms with Crippen LogP contribution in [0.5, 0.6) is 0 Å². The maximum Gasteiger partial charge on any atom is 0.232 e. The number of rotatable bonds is 6. The third-order valence-electron chi connectivity index (χ3n) is 5.37. The molecule has 0 saturated heterocycles. The summed E-state index contributed by atoms with van der Waals surface area (Å²) in [5.74, 6) is 0. The molecule has 30 heavy (non-hydrogen) atoms. The lowest BCUT2D eigenvalue weighted by molar-refractivity contribution is 0.591. The summed E-state index contributed by atoms with van der Waals surface area (Å²) in [4.78, 5) is 4.65. The fraction of sp³-hybridized carbons (Fsp3) is 0.375. The highest BCUT2D eigenvalue weighted by molar-refractivity contribution is 7.92. The molecule has 1 heterocycles. The fourth-order valence-corrected chi connectivity index (χ4v) is 4.20. The fourth-order valence-electron chi connectivity index (χ4n) is 3.66. The molecule has 0 N–H and O–H groups in total. The normalized spacial score (nSPS) is 12.2. The van der Waals surface area contributed by atoms with Crippen molar-refractivity contribution in [1.29, 1.82) is 0 Å². The Morgan fingerprint density at radius 1 is 1.10 bits per heavy atom. The second kappa shape index (κ2) is 8.26. The number of nitrogens with zero attached hydrogens (tertiary/aromatic N) is 3. The molecule has 5 nitrogen and oxygen atoms in total. The summed E-state index contributed by atoms with van der Waals surface area (Å²) in [6.07, 6.45) is 5.92. The van der Waals surface area contributed by atoms with Gasteiger partial charge in [0.2, 0.25) is 10.0 Å². The standard InChI is InChI=1S/C24H31N3O2S/c1-7-19-14-18(12-13-23(19)26(5)30(6,28)29)15-27-16-22(25-17-27)20-10-8-9-11-21(20)24(2,3)4/h8-14,16-17H,7,15H2,1-6H3. The van der Waals surface area contributed by atoms with Gasteiger partial charge >= 0.3 is 0 Å². The first-order valence-electron chi connectivity index (χ1n) is 10.2. The Bertz CT molecular complexity index is 1140. The van der Waals surface area contributed by atoms with E-state index in [2.05, 4.69) is 60.8 Å². The van der Waals surface area contributed by atoms with Gasteiger partial charge in [0.05, 0.1) is 24.0 Å². The molecule has 0 radical (unpaired) electrons. The third-order valence-corrected chi connectivity index (χ3v) is 6.56. The van der Waals surface area contributed by atoms with Crippen molar-refractivity contribution in [2.75, 3.05) is 17.6 Å². The summed E-state index contributed by atoms with van der Waals surface area (Å²) >= 11 is 0. The van der Waals surface area contributed by atoms with E-state index in [-0.39, 0.29) is 5.41 Å². The second-order valence-corrected chi connectivity index (χ2v) is 10.8. The van der Waals surface area contributed by atoms with Crippen LogP contribution in [-0.2, 0) is 28.4 Å². The Balaban J connectivity index is 1.89. The lowest BCUT2D eigenvalue weighted by atomic mass is 9.83. The van der Waals surface area contributed by atoms with Crippen molar-refractivity contribution in [3.8, 4) is 11.3 Å². The first-order chi connectivity index (χ1) is 14.0. The van der Waals surface area contributed by atoms with Crippen molar-refractivity contribution in [3.05, 3.63) is 71.7 Å². The van der Waals surface area contributed by atoms with Crippen LogP contribution in [0.3, 0.4) is 0 Å². The van der Waals surface area contributed by atoms with Crippen LogP contribution in [0.15, 0.2) is 55.0 Å². The minimum atomic E-state index is -3.29. The number of benzene rings is 2. The van der Waals surface area contributed by atoms with E-state index in [1.54, 1.807) is 7.05 Å². The smallest absolute Gasteiger partial charge is 0.232 e. The van der Waals surface area contributed by atoms with Gasteiger partial charge in [0, 0.05) is 25.4 Å². The van der Waals surface area contributed by atoms with Gasteiger partial charge in [-0.2, -0.15) is 0 Å². The Morgan fingerprint density at radius 3 is 2.43 bits per heavy atom. The number of hydrogen-bond donors (Lipinski definition) is 0. The quantitative estimate of drug-likeness (QED) is 0.567. The predicted octanol–water partition coefficient (Wildman–Crippen LogP) is 4.85. The van der Waals surface area contributed by atoms with Crippen molar-refractivity contribution in [1.82, 2.24) is 9.55 Å². The predicted molar refractivity (Wildman–Crippen MR) is 125 cm³/mol. The molecule has 0 aliphatic rings. The second-order valence-electron chi connectivity index (χ2n) is 8.77. The zero-order valence-corrected chi connectivity index (χ0v) is 19.5. The van der Waals surface area contributed by atoms with E-state index in [1.807, 2.05) is 31.5 Å². The summed E-state index contributed by atoms with van der Waals surface area (Å²) in [6.45, 7) is 9.36. The lowest BCUT2D eigenvalue weighted by Crippen LogP contribution is -2.25. The van der Waals surface area contributed by atoms with Gasteiger partial charge in [-0.3, -0.25) is 4.31 Å². The first-order valence-corrected chi connectivity index (χ1v) is 12.0. The highest BCUT2D eigenvalue weighted by atomic mass is 32.2. The van der Waals surface area contributed by atoms with Gasteiger partial charge in [0.25, 0.3) is 0 Å². The molecular formula is C24H31N3O2S. The zero-order chi connectivity index (χ0) is 22.1. The van der Waals surface area contributed by atoms with E-state index < -0.39 is 10.0 Å². The zero-order valence-electron chi connectivity index (χ0n) is 18.7. The van der Waals surface area contributed by atoms with E-state index in [4.69, 9.17) is 0 Å². The highest BCUT2D eigenvalue weighted by Gasteiger charge is 2.19. The van der Waals surface area contributed by atoms with E-state index in [9.17, 15) is 8.42 Å². The van der Waals surface area contributed by atoms with Gasteiger partial charge < -0.3 is 4.57 Å². The van der Waals surface area contributed by atoms with Crippen LogP contribution < -0.4 is 4.31 Å². The molecule has 0 unspecified atom stereocenters. The Kier molecular flexibility index (Phi) is 6.09. The molecule has 6 heteroatoms. The van der Waals surface area contributed by atoms with Crippen molar-refractivity contribution >= 4 is 15.7 Å². The number of aromatic nitrogens is 2. The third kappa shape index (κ3) is 4.75. The topological polar surface area (TPSA) is 55.2 Å². The molecular weight excluding hydrogens is 394 g/mol. The minimum absolute atomic E-state index is 0.0396. The summed E-state index contributed by atoms with van der Waals surface area (Å²) < 4.78 is 27.3. The molecule has 0 aliphatic heterocycles. The molecule has 1 aromatic heterocycles. The average Bonchev–Trinajstić information content (AvgIpc) is 3.14. The number of aryl methyl sites for hydroxylation is 1. The Labute approximate surface area is 180 Å². The molecule has 3 aromatic rings. The van der Waals surface area contributed by atoms with Gasteiger partial charge in [0.15, 0.2) is 0 Å². The first kappa shape index (κ1) is 22.1. The molecule has 160 valence electrons. The molecule has 2 aromatic carbocycles. The average molecular weight is 426 g/mol. The molecule has 0 spiro atoms. The maximum absolute atomic E-state index is 11.9. The number of hydrogen-bond acceptors (Lipinski definition) is 3. The van der Waals surface area contributed by atoms with Gasteiger partial charge in [0.1, 0.15) is 0 Å². The van der Waals surface area contributed by atoms with Crippen LogP contribution in [0, 0.1) is 0 Å². The van der Waals surface area contributed by atoms with Crippen LogP contribution in [-0.4, -0.2) is 31.3 Å². The van der Waals surface area contributed by atoms with E-state index in [1.165, 1.54) is 16.1 Å². The summed E-state index contributed by atoms with van der Waals surface area (Å²) in [6, 6.07) is 14.4. The molecule has 3 rings (SSSR count). The minimum Gasteiger partial charge on any atom is -0.332 e.